The molecule has 2 rings (SSSR count). The van der Waals surface area contributed by atoms with Gasteiger partial charge in [-0.15, -0.1) is 0 Å². The second-order valence-electron chi connectivity index (χ2n) is 3.84. The van der Waals surface area contributed by atoms with Crippen molar-refractivity contribution in [3.8, 4) is 5.75 Å². The summed E-state index contributed by atoms with van der Waals surface area (Å²) in [6, 6.07) is 6.82. The smallest absolute Gasteiger partial charge is 0.267 e. The van der Waals surface area contributed by atoms with Gasteiger partial charge in [0.2, 0.25) is 0 Å². The molecule has 5 heteroatoms. The van der Waals surface area contributed by atoms with Crippen LogP contribution >= 0.6 is 0 Å². The van der Waals surface area contributed by atoms with Crippen LogP contribution in [0.5, 0.6) is 5.75 Å². The maximum atomic E-state index is 12.0. The molecule has 1 heterocycles. The van der Waals surface area contributed by atoms with Gasteiger partial charge in [0.25, 0.3) is 5.91 Å². The van der Waals surface area contributed by atoms with Crippen LogP contribution < -0.4 is 15.4 Å². The lowest BCUT2D eigenvalue weighted by molar-refractivity contribution is -0.118. The van der Waals surface area contributed by atoms with Crippen molar-refractivity contribution < 1.29 is 14.3 Å². The zero-order chi connectivity index (χ0) is 13.0. The van der Waals surface area contributed by atoms with Gasteiger partial charge >= 0.3 is 0 Å². The molecule has 0 bridgehead atoms. The number of amides is 1. The number of nitrogens with one attached hydrogen (secondary N) is 2. The molecule has 18 heavy (non-hydrogen) atoms. The van der Waals surface area contributed by atoms with Crippen molar-refractivity contribution in [2.24, 2.45) is 0 Å². The predicted octanol–water partition coefficient (Wildman–Crippen LogP) is 0.481. The van der Waals surface area contributed by atoms with Crippen molar-refractivity contribution in [3.05, 3.63) is 41.6 Å². The molecule has 0 aromatic heterocycles. The summed E-state index contributed by atoms with van der Waals surface area (Å²) < 4.78 is 5.05. The summed E-state index contributed by atoms with van der Waals surface area (Å²) in [5, 5.41) is 5.56. The van der Waals surface area contributed by atoms with Crippen LogP contribution in [0.1, 0.15) is 10.4 Å². The molecule has 1 fully saturated rings. The van der Waals surface area contributed by atoms with Gasteiger partial charge in [-0.1, -0.05) is 12.1 Å². The number of piperazine rings is 1. The summed E-state index contributed by atoms with van der Waals surface area (Å²) in [6.07, 6.45) is 1.31. The van der Waals surface area contributed by atoms with E-state index in [1.54, 1.807) is 24.3 Å². The molecule has 1 aromatic carbocycles. The third kappa shape index (κ3) is 2.68. The van der Waals surface area contributed by atoms with E-state index in [1.807, 2.05) is 0 Å². The number of rotatable bonds is 3. The Hall–Kier alpha value is -2.30. The van der Waals surface area contributed by atoms with Gasteiger partial charge < -0.3 is 15.4 Å². The van der Waals surface area contributed by atoms with Crippen LogP contribution in [0.25, 0.3) is 0 Å². The van der Waals surface area contributed by atoms with Crippen molar-refractivity contribution in [2.45, 2.75) is 0 Å². The molecule has 0 aliphatic carbocycles. The zero-order valence-electron chi connectivity index (χ0n) is 10.0. The molecule has 94 valence electrons. The first-order valence-corrected chi connectivity index (χ1v) is 5.63. The fourth-order valence-corrected chi connectivity index (χ4v) is 1.66. The van der Waals surface area contributed by atoms with Crippen molar-refractivity contribution in [2.75, 3.05) is 20.2 Å². The molecule has 1 amide bonds. The molecule has 1 saturated heterocycles. The molecule has 0 unspecified atom stereocenters. The van der Waals surface area contributed by atoms with E-state index >= 15 is 0 Å². The van der Waals surface area contributed by atoms with E-state index < -0.39 is 0 Å². The van der Waals surface area contributed by atoms with Crippen molar-refractivity contribution in [1.29, 1.82) is 0 Å². The molecule has 5 nitrogen and oxygen atoms in total. The summed E-state index contributed by atoms with van der Waals surface area (Å²) in [5.74, 6) is 0.131. The van der Waals surface area contributed by atoms with Crippen LogP contribution in [0.15, 0.2) is 36.0 Å². The molecular formula is C13H14N2O3. The van der Waals surface area contributed by atoms with Gasteiger partial charge in [0.1, 0.15) is 11.4 Å². The zero-order valence-corrected chi connectivity index (χ0v) is 10.0. The van der Waals surface area contributed by atoms with E-state index in [0.29, 0.717) is 30.1 Å². The van der Waals surface area contributed by atoms with Crippen LogP contribution in [0.2, 0.25) is 0 Å². The first-order chi connectivity index (χ1) is 8.70. The summed E-state index contributed by atoms with van der Waals surface area (Å²) >= 11 is 0. The number of methoxy groups -OCH3 is 1. The fraction of sp³-hybridized carbons (Fsp3) is 0.231. The van der Waals surface area contributed by atoms with Crippen molar-refractivity contribution >= 4 is 11.7 Å². The number of ether oxygens (including phenoxy) is 1. The van der Waals surface area contributed by atoms with Gasteiger partial charge in [-0.05, 0) is 12.1 Å². The number of ketones is 1. The minimum absolute atomic E-state index is 0.228. The molecular weight excluding hydrogens is 232 g/mol. The summed E-state index contributed by atoms with van der Waals surface area (Å²) in [7, 11) is 1.54. The molecule has 1 aliphatic rings. The van der Waals surface area contributed by atoms with E-state index in [1.165, 1.54) is 13.2 Å². The number of benzene rings is 1. The lowest BCUT2D eigenvalue weighted by Crippen LogP contribution is -2.43. The fourth-order valence-electron chi connectivity index (χ4n) is 1.66. The van der Waals surface area contributed by atoms with Crippen LogP contribution in [-0.4, -0.2) is 31.9 Å². The maximum absolute atomic E-state index is 12.0. The lowest BCUT2D eigenvalue weighted by Gasteiger charge is -2.16. The number of hydrogen-bond donors (Lipinski definition) is 2. The summed E-state index contributed by atoms with van der Waals surface area (Å²) in [5.41, 5.74) is 0.788. The summed E-state index contributed by atoms with van der Waals surface area (Å²) in [4.78, 5) is 23.4. The molecule has 0 spiro atoms. The minimum atomic E-state index is -0.252. The van der Waals surface area contributed by atoms with Gasteiger partial charge in [-0.3, -0.25) is 9.59 Å². The van der Waals surface area contributed by atoms with Crippen molar-refractivity contribution in [3.63, 3.8) is 0 Å². The molecule has 0 atom stereocenters. The Balaban J connectivity index is 2.20. The quantitative estimate of drug-likeness (QED) is 0.601. The molecule has 1 aromatic rings. The van der Waals surface area contributed by atoms with Gasteiger partial charge in [0, 0.05) is 24.7 Å². The molecule has 0 saturated carbocycles. The number of carbonyl (C=O) groups is 2. The van der Waals surface area contributed by atoms with Crippen LogP contribution in [0, 0.1) is 0 Å². The van der Waals surface area contributed by atoms with Gasteiger partial charge in [0.15, 0.2) is 5.78 Å². The Morgan fingerprint density at radius 3 is 2.83 bits per heavy atom. The first-order valence-electron chi connectivity index (χ1n) is 5.63. The third-order valence-electron chi connectivity index (χ3n) is 2.60. The van der Waals surface area contributed by atoms with Crippen LogP contribution in [0.4, 0.5) is 0 Å². The SMILES string of the molecule is COc1cccc(C(=O)C=C2NCCNC2=O)c1. The van der Waals surface area contributed by atoms with Crippen LogP contribution in [-0.2, 0) is 4.79 Å². The van der Waals surface area contributed by atoms with Gasteiger partial charge in [0.05, 0.1) is 7.11 Å². The lowest BCUT2D eigenvalue weighted by atomic mass is 10.1. The van der Waals surface area contributed by atoms with Crippen LogP contribution in [0.3, 0.4) is 0 Å². The highest BCUT2D eigenvalue weighted by atomic mass is 16.5. The second kappa shape index (κ2) is 5.35. The summed E-state index contributed by atoms with van der Waals surface area (Å²) in [6.45, 7) is 1.20. The Morgan fingerprint density at radius 1 is 1.33 bits per heavy atom. The Morgan fingerprint density at radius 2 is 2.11 bits per heavy atom. The van der Waals surface area contributed by atoms with Gasteiger partial charge in [-0.2, -0.15) is 0 Å². The van der Waals surface area contributed by atoms with E-state index in [-0.39, 0.29) is 11.7 Å². The largest absolute Gasteiger partial charge is 0.497 e. The normalized spacial score (nSPS) is 16.9. The number of carbonyl (C=O) groups excluding carboxylic acids is 2. The highest BCUT2D eigenvalue weighted by Gasteiger charge is 2.15. The average Bonchev–Trinajstić information content (AvgIpc) is 2.41. The number of hydrogen-bond acceptors (Lipinski definition) is 4. The van der Waals surface area contributed by atoms with Crippen molar-refractivity contribution in [1.82, 2.24) is 10.6 Å². The minimum Gasteiger partial charge on any atom is -0.497 e. The predicted molar refractivity (Wildman–Crippen MR) is 66.4 cm³/mol. The molecule has 2 N–H and O–H groups in total. The Kier molecular flexibility index (Phi) is 3.62. The molecule has 0 radical (unpaired) electrons. The molecule has 1 aliphatic heterocycles. The average molecular weight is 246 g/mol. The highest BCUT2D eigenvalue weighted by Crippen LogP contribution is 2.13. The van der Waals surface area contributed by atoms with E-state index in [2.05, 4.69) is 10.6 Å². The second-order valence-corrected chi connectivity index (χ2v) is 3.84. The topological polar surface area (TPSA) is 67.4 Å². The van der Waals surface area contributed by atoms with E-state index in [0.717, 1.165) is 0 Å². The number of allylic oxidation sites excluding steroid dienone is 1. The van der Waals surface area contributed by atoms with E-state index in [4.69, 9.17) is 4.74 Å². The Labute approximate surface area is 105 Å². The Bertz CT molecular complexity index is 509. The standard InChI is InChI=1S/C13H14N2O3/c1-18-10-4-2-3-9(7-10)12(16)8-11-13(17)15-6-5-14-11/h2-4,7-8,14H,5-6H2,1H3,(H,15,17). The third-order valence-corrected chi connectivity index (χ3v) is 2.60. The van der Waals surface area contributed by atoms with E-state index in [9.17, 15) is 9.59 Å². The first kappa shape index (κ1) is 12.2. The monoisotopic (exact) mass is 246 g/mol. The highest BCUT2D eigenvalue weighted by molar-refractivity contribution is 6.09. The van der Waals surface area contributed by atoms with Gasteiger partial charge in [-0.25, -0.2) is 0 Å². The maximum Gasteiger partial charge on any atom is 0.267 e.